The van der Waals surface area contributed by atoms with Crippen LogP contribution in [0.25, 0.3) is 10.9 Å². The molecule has 0 bridgehead atoms. The second-order valence-corrected chi connectivity index (χ2v) is 12.7. The zero-order valence-electron chi connectivity index (χ0n) is 22.9. The Bertz CT molecular complexity index is 1790. The third kappa shape index (κ3) is 4.23. The highest BCUT2D eigenvalue weighted by Crippen LogP contribution is 2.52. The Balaban J connectivity index is 1.40. The summed E-state index contributed by atoms with van der Waals surface area (Å²) in [7, 11) is -2.35. The van der Waals surface area contributed by atoms with Gasteiger partial charge in [0.25, 0.3) is 10.0 Å². The molecule has 1 fully saturated rings. The summed E-state index contributed by atoms with van der Waals surface area (Å²) < 4.78 is 41.0. The smallest absolute Gasteiger partial charge is 0.268 e. The number of methoxy groups -OCH3 is 1. The Kier molecular flexibility index (Phi) is 6.35. The highest BCUT2D eigenvalue weighted by Gasteiger charge is 2.52. The van der Waals surface area contributed by atoms with Crippen molar-refractivity contribution < 1.29 is 22.7 Å². The van der Waals surface area contributed by atoms with E-state index in [0.717, 1.165) is 22.9 Å². The molecule has 1 saturated heterocycles. The number of nitrogens with zero attached hydrogens (tertiary/aromatic N) is 2. The standard InChI is InChI=1S/C32H31N3O5S/c1-20-11-13-23(14-12-20)41(37,38)34-18-26(25-9-5-6-10-27(25)34)28-15-22(32(36)33-19-39-2)17-30-35(28)31-24-8-4-3-7-21(24)16-29(31)40-30/h3-15,18,28-31H,16-17,19H2,1-2H3,(H,33,36)/t28-,29+,30+,31-/m0/s1. The lowest BCUT2D eigenvalue weighted by atomic mass is 9.92. The molecule has 9 heteroatoms. The molecule has 3 aliphatic rings. The molecule has 1 aliphatic carbocycles. The predicted octanol–water partition coefficient (Wildman–Crippen LogP) is 4.60. The first kappa shape index (κ1) is 26.2. The molecule has 41 heavy (non-hydrogen) atoms. The van der Waals surface area contributed by atoms with E-state index in [1.165, 1.54) is 22.2 Å². The van der Waals surface area contributed by atoms with E-state index in [0.29, 0.717) is 17.5 Å². The number of nitrogens with one attached hydrogen (secondary N) is 1. The van der Waals surface area contributed by atoms with Crippen molar-refractivity contribution in [1.29, 1.82) is 0 Å². The van der Waals surface area contributed by atoms with Crippen LogP contribution in [0.2, 0.25) is 0 Å². The van der Waals surface area contributed by atoms with Gasteiger partial charge in [0.2, 0.25) is 5.91 Å². The molecule has 4 atom stereocenters. The number of para-hydroxylation sites is 1. The maximum absolute atomic E-state index is 14.0. The predicted molar refractivity (Wildman–Crippen MR) is 155 cm³/mol. The quantitative estimate of drug-likeness (QED) is 0.342. The van der Waals surface area contributed by atoms with Gasteiger partial charge >= 0.3 is 0 Å². The number of carbonyl (C=O) groups is 1. The maximum atomic E-state index is 14.0. The number of benzene rings is 3. The van der Waals surface area contributed by atoms with Gasteiger partial charge in [0, 0.05) is 42.7 Å². The fraction of sp³-hybridized carbons (Fsp3) is 0.281. The Morgan fingerprint density at radius 2 is 1.76 bits per heavy atom. The van der Waals surface area contributed by atoms with Crippen LogP contribution >= 0.6 is 0 Å². The van der Waals surface area contributed by atoms with Crippen LogP contribution in [-0.4, -0.2) is 49.4 Å². The molecule has 1 amide bonds. The van der Waals surface area contributed by atoms with Gasteiger partial charge in [0.05, 0.1) is 28.6 Å². The van der Waals surface area contributed by atoms with Gasteiger partial charge in [-0.3, -0.25) is 9.69 Å². The van der Waals surface area contributed by atoms with Gasteiger partial charge in [0.15, 0.2) is 0 Å². The van der Waals surface area contributed by atoms with E-state index in [4.69, 9.17) is 9.47 Å². The molecular formula is C32H31N3O5S. The third-order valence-electron chi connectivity index (χ3n) is 8.48. The summed E-state index contributed by atoms with van der Waals surface area (Å²) in [4.78, 5) is 15.7. The second-order valence-electron chi connectivity index (χ2n) is 10.9. The van der Waals surface area contributed by atoms with Gasteiger partial charge in [-0.25, -0.2) is 12.4 Å². The Labute approximate surface area is 239 Å². The molecule has 2 aliphatic heterocycles. The fourth-order valence-corrected chi connectivity index (χ4v) is 7.98. The number of carbonyl (C=O) groups excluding carboxylic acids is 1. The summed E-state index contributed by atoms with van der Waals surface area (Å²) in [5.74, 6) is -0.214. The largest absolute Gasteiger partial charge is 0.364 e. The van der Waals surface area contributed by atoms with Crippen LogP contribution in [0, 0.1) is 6.92 Å². The van der Waals surface area contributed by atoms with Crippen LogP contribution < -0.4 is 5.32 Å². The summed E-state index contributed by atoms with van der Waals surface area (Å²) in [6.45, 7) is 2.03. The van der Waals surface area contributed by atoms with Crippen molar-refractivity contribution in [3.05, 3.63) is 113 Å². The number of hydrogen-bond acceptors (Lipinski definition) is 6. The van der Waals surface area contributed by atoms with Gasteiger partial charge in [0.1, 0.15) is 13.0 Å². The van der Waals surface area contributed by atoms with Crippen molar-refractivity contribution in [3.8, 4) is 0 Å². The van der Waals surface area contributed by atoms with Gasteiger partial charge in [-0.15, -0.1) is 0 Å². The van der Waals surface area contributed by atoms with E-state index in [-0.39, 0.29) is 35.9 Å². The van der Waals surface area contributed by atoms with Crippen LogP contribution in [0.15, 0.2) is 95.5 Å². The number of rotatable bonds is 6. The zero-order chi connectivity index (χ0) is 28.3. The molecule has 4 aromatic rings. The van der Waals surface area contributed by atoms with E-state index >= 15 is 0 Å². The summed E-state index contributed by atoms with van der Waals surface area (Å²) in [5.41, 5.74) is 5.47. The van der Waals surface area contributed by atoms with Gasteiger partial charge in [-0.05, 0) is 36.2 Å². The van der Waals surface area contributed by atoms with Crippen molar-refractivity contribution in [2.45, 2.75) is 49.1 Å². The van der Waals surface area contributed by atoms with Crippen molar-refractivity contribution in [2.24, 2.45) is 0 Å². The minimum atomic E-state index is -3.88. The summed E-state index contributed by atoms with van der Waals surface area (Å²) in [5, 5.41) is 3.62. The molecule has 0 unspecified atom stereocenters. The Morgan fingerprint density at radius 1 is 1.00 bits per heavy atom. The van der Waals surface area contributed by atoms with Crippen molar-refractivity contribution in [3.63, 3.8) is 0 Å². The monoisotopic (exact) mass is 569 g/mol. The lowest BCUT2D eigenvalue weighted by molar-refractivity contribution is -0.120. The van der Waals surface area contributed by atoms with Crippen molar-refractivity contribution in [1.82, 2.24) is 14.2 Å². The summed E-state index contributed by atoms with van der Waals surface area (Å²) >= 11 is 0. The molecule has 8 nitrogen and oxygen atoms in total. The lowest BCUT2D eigenvalue weighted by Crippen LogP contribution is -2.41. The van der Waals surface area contributed by atoms with Crippen LogP contribution in [0.3, 0.4) is 0 Å². The molecule has 3 heterocycles. The molecule has 210 valence electrons. The first-order valence-corrected chi connectivity index (χ1v) is 15.2. The minimum Gasteiger partial charge on any atom is -0.364 e. The Morgan fingerprint density at radius 3 is 2.56 bits per heavy atom. The van der Waals surface area contributed by atoms with Crippen LogP contribution in [0.1, 0.15) is 40.8 Å². The summed E-state index contributed by atoms with van der Waals surface area (Å²) in [6, 6.07) is 22.4. The van der Waals surface area contributed by atoms with Crippen LogP contribution in [0.5, 0.6) is 0 Å². The van der Waals surface area contributed by atoms with E-state index in [9.17, 15) is 13.2 Å². The maximum Gasteiger partial charge on any atom is 0.268 e. The Hall–Kier alpha value is -3.76. The van der Waals surface area contributed by atoms with Crippen LogP contribution in [-0.2, 0) is 30.7 Å². The first-order valence-electron chi connectivity index (χ1n) is 13.8. The first-order chi connectivity index (χ1) is 19.9. The summed E-state index contributed by atoms with van der Waals surface area (Å²) in [6.07, 6.45) is 4.56. The number of hydrogen-bond donors (Lipinski definition) is 1. The number of amides is 1. The van der Waals surface area contributed by atoms with Gasteiger partial charge in [-0.1, -0.05) is 66.2 Å². The molecule has 1 N–H and O–H groups in total. The van der Waals surface area contributed by atoms with Crippen molar-refractivity contribution in [2.75, 3.05) is 13.8 Å². The third-order valence-corrected chi connectivity index (χ3v) is 10.2. The minimum absolute atomic E-state index is 0.00291. The topological polar surface area (TPSA) is 89.9 Å². The average Bonchev–Trinajstić information content (AvgIpc) is 3.65. The molecule has 0 radical (unpaired) electrons. The SMILES string of the molecule is COCNC(=O)C1=C[C@@H](c2cn(S(=O)(=O)c3ccc(C)cc3)c3ccccc23)N2[C@@H](C1)O[C@@H]1Cc3ccccc3[C@@H]12. The molecule has 1 aromatic heterocycles. The molecule has 0 saturated carbocycles. The van der Waals surface area contributed by atoms with E-state index in [2.05, 4.69) is 22.3 Å². The number of aryl methyl sites for hydroxylation is 1. The van der Waals surface area contributed by atoms with Gasteiger partial charge < -0.3 is 14.8 Å². The number of aromatic nitrogens is 1. The molecule has 0 spiro atoms. The fourth-order valence-electron chi connectivity index (χ4n) is 6.61. The zero-order valence-corrected chi connectivity index (χ0v) is 23.7. The highest BCUT2D eigenvalue weighted by molar-refractivity contribution is 7.90. The average molecular weight is 570 g/mol. The van der Waals surface area contributed by atoms with Crippen LogP contribution in [0.4, 0.5) is 0 Å². The molecule has 3 aromatic carbocycles. The van der Waals surface area contributed by atoms with E-state index < -0.39 is 16.1 Å². The highest BCUT2D eigenvalue weighted by atomic mass is 32.2. The van der Waals surface area contributed by atoms with Gasteiger partial charge in [-0.2, -0.15) is 0 Å². The van der Waals surface area contributed by atoms with E-state index in [1.54, 1.807) is 30.5 Å². The number of ether oxygens (including phenoxy) is 2. The number of fused-ring (bicyclic) bond motifs is 6. The van der Waals surface area contributed by atoms with E-state index in [1.807, 2.05) is 49.4 Å². The molecule has 7 rings (SSSR count). The normalized spacial score (nSPS) is 23.6. The molecular weight excluding hydrogens is 538 g/mol. The lowest BCUT2D eigenvalue weighted by Gasteiger charge is -2.38. The van der Waals surface area contributed by atoms with Crippen molar-refractivity contribution >= 4 is 26.8 Å². The second kappa shape index (κ2) is 9.95.